The summed E-state index contributed by atoms with van der Waals surface area (Å²) in [7, 11) is -11.5. The quantitative estimate of drug-likeness (QED) is 0.128. The molecule has 0 amide bonds. The van der Waals surface area contributed by atoms with E-state index in [4.69, 9.17) is 4.98 Å². The molecule has 0 aliphatic carbocycles. The van der Waals surface area contributed by atoms with Gasteiger partial charge in [-0.25, -0.2) is 0 Å². The van der Waals surface area contributed by atoms with Crippen molar-refractivity contribution in [2.75, 3.05) is 0 Å². The summed E-state index contributed by atoms with van der Waals surface area (Å²) in [6.45, 7) is 11.1. The Hall–Kier alpha value is -14.9. The summed E-state index contributed by atoms with van der Waals surface area (Å²) in [4.78, 5) is 22.7. The summed E-state index contributed by atoms with van der Waals surface area (Å²) < 4.78 is 0. The molecule has 130 heavy (non-hydrogen) atoms. The minimum atomic E-state index is -2.33. The molecule has 15 aromatic carbocycles. The Balaban J connectivity index is 0.0000000983. The first-order valence-corrected chi connectivity index (χ1v) is 55.0. The van der Waals surface area contributed by atoms with Gasteiger partial charge in [-0.1, -0.05) is 417 Å². The third kappa shape index (κ3) is 13.2. The Morgan fingerprint density at radius 1 is 0.169 bits per heavy atom. The molecule has 0 atom stereocenters. The van der Waals surface area contributed by atoms with Crippen molar-refractivity contribution in [1.82, 2.24) is 24.9 Å². The Kier molecular flexibility index (Phi) is 21.9. The molecule has 5 nitrogen and oxygen atoms in total. The first-order chi connectivity index (χ1) is 64.1. The largest absolute Gasteiger partial charge is 0.264 e. The molecule has 10 heterocycles. The number of hydrogen-bond acceptors (Lipinski definition) is 5. The van der Waals surface area contributed by atoms with E-state index in [9.17, 15) is 0 Å². The zero-order valence-electron chi connectivity index (χ0n) is 73.4. The number of aromatic nitrogens is 5. The predicted molar refractivity (Wildman–Crippen MR) is 558 cm³/mol. The zero-order chi connectivity index (χ0) is 87.8. The van der Waals surface area contributed by atoms with Gasteiger partial charge in [0.2, 0.25) is 0 Å². The zero-order valence-corrected chi connectivity index (χ0v) is 78.4. The maximum Gasteiger partial charge on any atom is 0.182 e. The lowest BCUT2D eigenvalue weighted by molar-refractivity contribution is 1.32. The molecule has 0 fully saturated rings. The minimum absolute atomic E-state index is 1.17. The van der Waals surface area contributed by atoms with Gasteiger partial charge < -0.3 is 0 Å². The molecule has 20 aromatic rings. The maximum atomic E-state index is 4.84. The molecular weight excluding hydrogens is 1650 g/mol. The van der Waals surface area contributed by atoms with E-state index in [1.165, 1.54) is 187 Å². The maximum absolute atomic E-state index is 4.84. The van der Waals surface area contributed by atoms with Crippen molar-refractivity contribution in [3.05, 3.63) is 514 Å². The minimum Gasteiger partial charge on any atom is -0.264 e. The molecule has 0 N–H and O–H groups in total. The van der Waals surface area contributed by atoms with Gasteiger partial charge in [-0.3, -0.25) is 24.9 Å². The number of pyridine rings is 5. The van der Waals surface area contributed by atoms with Crippen LogP contribution >= 0.6 is 0 Å². The van der Waals surface area contributed by atoms with E-state index < -0.39 is 40.4 Å². The Morgan fingerprint density at radius 3 is 0.908 bits per heavy atom. The van der Waals surface area contributed by atoms with Crippen LogP contribution in [-0.2, 0) is 0 Å². The van der Waals surface area contributed by atoms with Crippen LogP contribution in [0.3, 0.4) is 0 Å². The summed E-state index contributed by atoms with van der Waals surface area (Å²) in [5.74, 6) is 0. The fraction of sp³-hybridized carbons (Fsp3) is 0.0417. The van der Waals surface area contributed by atoms with E-state index >= 15 is 0 Å². The molecule has 0 saturated carbocycles. The van der Waals surface area contributed by atoms with Crippen LogP contribution in [0.25, 0.3) is 55.8 Å². The average molecular weight is 1750 g/mol. The smallest absolute Gasteiger partial charge is 0.182 e. The number of hydrogen-bond donors (Lipinski definition) is 0. The molecule has 5 aliphatic rings. The van der Waals surface area contributed by atoms with Gasteiger partial charge in [0, 0.05) is 83.6 Å². The van der Waals surface area contributed by atoms with Crippen LogP contribution in [0.15, 0.2) is 486 Å². The van der Waals surface area contributed by atoms with Crippen LogP contribution in [0.2, 0.25) is 0 Å². The van der Waals surface area contributed by atoms with E-state index in [0.717, 1.165) is 0 Å². The monoisotopic (exact) mass is 1750 g/mol. The highest BCUT2D eigenvalue weighted by atomic mass is 28.3. The van der Waals surface area contributed by atoms with Crippen molar-refractivity contribution in [3.8, 4) is 55.8 Å². The van der Waals surface area contributed by atoms with Crippen molar-refractivity contribution in [3.63, 3.8) is 0 Å². The van der Waals surface area contributed by atoms with Crippen LogP contribution < -0.4 is 104 Å². The van der Waals surface area contributed by atoms with Crippen molar-refractivity contribution in [2.45, 2.75) is 34.6 Å². The van der Waals surface area contributed by atoms with Crippen molar-refractivity contribution >= 4 is 144 Å². The molecule has 5 aliphatic heterocycles. The lowest BCUT2D eigenvalue weighted by Gasteiger charge is -2.32. The van der Waals surface area contributed by atoms with Crippen LogP contribution in [-0.4, -0.2) is 65.3 Å². The van der Waals surface area contributed by atoms with E-state index in [2.05, 4.69) is 491 Å². The second-order valence-corrected chi connectivity index (χ2v) is 53.2. The highest BCUT2D eigenvalue weighted by Crippen LogP contribution is 2.36. The van der Waals surface area contributed by atoms with Crippen LogP contribution in [0.5, 0.6) is 0 Å². The Morgan fingerprint density at radius 2 is 0.462 bits per heavy atom. The molecule has 0 saturated heterocycles. The van der Waals surface area contributed by atoms with Gasteiger partial charge in [-0.05, 0) is 202 Å². The summed E-state index contributed by atoms with van der Waals surface area (Å²) in [5.41, 5.74) is 19.7. The van der Waals surface area contributed by atoms with Crippen molar-refractivity contribution < 1.29 is 0 Å². The lowest BCUT2D eigenvalue weighted by atomic mass is 10.0. The van der Waals surface area contributed by atoms with E-state index in [1.54, 1.807) is 0 Å². The number of benzene rings is 15. The number of nitrogens with zero attached hydrogens (tertiary/aromatic N) is 5. The first kappa shape index (κ1) is 82.1. The molecule has 0 spiro atoms. The van der Waals surface area contributed by atoms with Gasteiger partial charge in [0.1, 0.15) is 0 Å². The Labute approximate surface area is 767 Å². The SMILES string of the molecule is Cc1ccc2c(c1)-c1cnccc1[Si]2(c1ccccc1)c1ccccc1.Cc1ccc2c(c1)[Si](c1ccccc1)(c1ccccc1)c1ccncc1-2.Cc1cccc2c1-c1cnccc1[Si]2(c1ccccc1)c1ccccc1.Cc1cccc2c1[Si](c1ccccc1)(c1ccccc1)c1ccncc1-2.Cc1ccnc2c1[Si](c1ccccc1)(c1ccccc1)c1ccccc1-2. The molecule has 0 radical (unpaired) electrons. The van der Waals surface area contributed by atoms with E-state index in [-0.39, 0.29) is 0 Å². The van der Waals surface area contributed by atoms with Gasteiger partial charge >= 0.3 is 0 Å². The molecular formula is C120H95N5Si5. The van der Waals surface area contributed by atoms with Crippen LogP contribution in [0, 0.1) is 34.6 Å². The summed E-state index contributed by atoms with van der Waals surface area (Å²) in [5, 5.41) is 29.0. The molecule has 620 valence electrons. The fourth-order valence-corrected chi connectivity index (χ4v) is 49.0. The molecule has 5 aromatic heterocycles. The number of aryl methyl sites for hydroxylation is 5. The molecule has 0 unspecified atom stereocenters. The standard InChI is InChI=1S/5C24H19NSi/c1-18-9-8-14-23-24(18)21-17-25-16-15-22(21)26(23,19-10-4-2-5-11-19)20-12-6-3-7-13-20;1-18-9-8-14-21-22-17-25-16-15-23(22)26(24(18)21,19-10-4-2-5-11-19)20-12-6-3-7-13-20;1-18-16-17-25-23-21-14-8-9-15-22(21)26(24(18)23,19-10-4-2-5-11-19)20-12-6-3-7-13-20;1-18-12-13-23-21(16-18)22-17-25-15-14-24(22)26(23,19-8-4-2-5-9-19)20-10-6-3-7-11-20;1-18-12-13-21-22-17-25-15-14-23(22)26(24(21)16-18,19-8-4-2-5-9-19)20-10-6-3-7-11-20/h5*2-17H,1H3. The van der Waals surface area contributed by atoms with Crippen LogP contribution in [0.4, 0.5) is 0 Å². The highest BCUT2D eigenvalue weighted by molar-refractivity contribution is 7.25. The van der Waals surface area contributed by atoms with E-state index in [0.29, 0.717) is 0 Å². The second kappa shape index (κ2) is 34.7. The third-order valence-electron chi connectivity index (χ3n) is 27.7. The molecule has 25 rings (SSSR count). The number of rotatable bonds is 10. The highest BCUT2D eigenvalue weighted by Gasteiger charge is 2.55. The fourth-order valence-electron chi connectivity index (χ4n) is 22.6. The van der Waals surface area contributed by atoms with E-state index in [1.807, 2.05) is 49.6 Å². The van der Waals surface area contributed by atoms with Gasteiger partial charge in [0.15, 0.2) is 40.4 Å². The number of fused-ring (bicyclic) bond motifs is 15. The summed E-state index contributed by atoms with van der Waals surface area (Å²) >= 11 is 0. The first-order valence-electron chi connectivity index (χ1n) is 45.0. The van der Waals surface area contributed by atoms with Crippen molar-refractivity contribution in [2.24, 2.45) is 0 Å². The lowest BCUT2D eigenvalue weighted by Crippen LogP contribution is -2.73. The van der Waals surface area contributed by atoms with Gasteiger partial charge in [-0.15, -0.1) is 0 Å². The second-order valence-electron chi connectivity index (χ2n) is 34.6. The topological polar surface area (TPSA) is 64.5 Å². The average Bonchev–Trinajstić information content (AvgIpc) is 1.57. The Bertz CT molecular complexity index is 7060. The predicted octanol–water partition coefficient (Wildman–Crippen LogP) is 13.7. The summed E-state index contributed by atoms with van der Waals surface area (Å²) in [6.07, 6.45) is 18.0. The normalized spacial score (nSPS) is 13.9. The molecule has 0 bridgehead atoms. The van der Waals surface area contributed by atoms with Crippen LogP contribution in [0.1, 0.15) is 27.8 Å². The van der Waals surface area contributed by atoms with Gasteiger partial charge in [0.25, 0.3) is 0 Å². The van der Waals surface area contributed by atoms with Gasteiger partial charge in [0.05, 0.1) is 5.69 Å². The third-order valence-corrected chi connectivity index (χ3v) is 52.4. The molecule has 10 heteroatoms. The van der Waals surface area contributed by atoms with Gasteiger partial charge in [-0.2, -0.15) is 0 Å². The van der Waals surface area contributed by atoms with Crippen molar-refractivity contribution in [1.29, 1.82) is 0 Å². The summed E-state index contributed by atoms with van der Waals surface area (Å²) in [6, 6.07) is 158.